The molecule has 1 atom stereocenters. The maximum absolute atomic E-state index is 12.5. The first-order valence-corrected chi connectivity index (χ1v) is 5.90. The molecule has 0 spiro atoms. The van der Waals surface area contributed by atoms with Gasteiger partial charge in [0, 0.05) is 5.33 Å². The topological polar surface area (TPSA) is 90.9 Å². The van der Waals surface area contributed by atoms with Gasteiger partial charge in [-0.3, -0.25) is 4.79 Å². The zero-order valence-electron chi connectivity index (χ0n) is 9.49. The summed E-state index contributed by atoms with van der Waals surface area (Å²) in [5.74, 6) is -0.968. The number of amides is 1. The summed E-state index contributed by atoms with van der Waals surface area (Å²) >= 11 is 2.88. The summed E-state index contributed by atoms with van der Waals surface area (Å²) in [4.78, 5) is 12.0. The first kappa shape index (κ1) is 15.5. The van der Waals surface area contributed by atoms with Crippen molar-refractivity contribution in [1.82, 2.24) is 9.89 Å². The summed E-state index contributed by atoms with van der Waals surface area (Å²) in [5, 5.41) is 21.1. The average molecular weight is 341 g/mol. The molecule has 0 aliphatic carbocycles. The third kappa shape index (κ3) is 3.45. The van der Waals surface area contributed by atoms with E-state index in [9.17, 15) is 23.1 Å². The first-order valence-electron chi connectivity index (χ1n) is 4.78. The maximum Gasteiger partial charge on any atom is 0.436 e. The molecule has 1 heterocycles. The Morgan fingerprint density at radius 3 is 2.63 bits per heavy atom. The van der Waals surface area contributed by atoms with E-state index in [0.717, 1.165) is 6.92 Å². The van der Waals surface area contributed by atoms with Gasteiger partial charge < -0.3 is 5.11 Å². The third-order valence-electron chi connectivity index (χ3n) is 2.07. The molecule has 0 saturated carbocycles. The number of hydrogen-bond acceptors (Lipinski definition) is 4. The van der Waals surface area contributed by atoms with Gasteiger partial charge in [0.05, 0.1) is 6.20 Å². The maximum atomic E-state index is 12.5. The zero-order valence-corrected chi connectivity index (χ0v) is 11.1. The molecule has 1 aromatic heterocycles. The number of hydrogen-bond donors (Lipinski definition) is 2. The van der Waals surface area contributed by atoms with Crippen LogP contribution in [0.25, 0.3) is 0 Å². The summed E-state index contributed by atoms with van der Waals surface area (Å²) in [7, 11) is 0. The van der Waals surface area contributed by atoms with E-state index in [1.165, 1.54) is 6.07 Å². The van der Waals surface area contributed by atoms with E-state index in [0.29, 0.717) is 11.0 Å². The summed E-state index contributed by atoms with van der Waals surface area (Å²) < 4.78 is 37.5. The Balaban J connectivity index is 3.03. The highest BCUT2D eigenvalue weighted by Crippen LogP contribution is 2.30. The van der Waals surface area contributed by atoms with Crippen molar-refractivity contribution in [2.75, 3.05) is 10.8 Å². The van der Waals surface area contributed by atoms with Crippen LogP contribution in [-0.2, 0) is 11.0 Å². The SMILES string of the molecule is CC(O)(CBr)C(=O)Nn1cc(C#N)c(C(F)(F)F)n1. The van der Waals surface area contributed by atoms with Gasteiger partial charge in [0.2, 0.25) is 0 Å². The minimum Gasteiger partial charge on any atom is -0.379 e. The molecule has 1 amide bonds. The highest BCUT2D eigenvalue weighted by molar-refractivity contribution is 9.09. The summed E-state index contributed by atoms with van der Waals surface area (Å²) in [6.07, 6.45) is -4.09. The van der Waals surface area contributed by atoms with Crippen LogP contribution >= 0.6 is 15.9 Å². The minimum atomic E-state index is -4.81. The summed E-state index contributed by atoms with van der Waals surface area (Å²) in [6.45, 7) is 1.16. The van der Waals surface area contributed by atoms with Crippen LogP contribution in [0.2, 0.25) is 0 Å². The normalized spacial score (nSPS) is 14.6. The number of rotatable bonds is 3. The van der Waals surface area contributed by atoms with E-state index < -0.39 is 28.9 Å². The van der Waals surface area contributed by atoms with Crippen molar-refractivity contribution in [2.24, 2.45) is 0 Å². The number of alkyl halides is 4. The third-order valence-corrected chi connectivity index (χ3v) is 3.16. The Hall–Kier alpha value is -1.60. The van der Waals surface area contributed by atoms with E-state index in [1.807, 2.05) is 5.43 Å². The molecule has 1 rings (SSSR count). The van der Waals surface area contributed by atoms with E-state index >= 15 is 0 Å². The van der Waals surface area contributed by atoms with Crippen LogP contribution in [0.5, 0.6) is 0 Å². The molecule has 6 nitrogen and oxygen atoms in total. The lowest BCUT2D eigenvalue weighted by atomic mass is 10.1. The number of nitrogens with zero attached hydrogens (tertiary/aromatic N) is 3. The van der Waals surface area contributed by atoms with Crippen LogP contribution in [0.15, 0.2) is 6.20 Å². The lowest BCUT2D eigenvalue weighted by Crippen LogP contribution is -2.44. The minimum absolute atomic E-state index is 0.121. The van der Waals surface area contributed by atoms with Gasteiger partial charge in [0.1, 0.15) is 11.6 Å². The molecule has 2 N–H and O–H groups in total. The summed E-state index contributed by atoms with van der Waals surface area (Å²) in [6, 6.07) is 1.32. The van der Waals surface area contributed by atoms with Crippen LogP contribution in [0.1, 0.15) is 18.2 Å². The number of carbonyl (C=O) groups is 1. The van der Waals surface area contributed by atoms with Gasteiger partial charge in [0.25, 0.3) is 5.91 Å². The van der Waals surface area contributed by atoms with Crippen molar-refractivity contribution in [3.05, 3.63) is 17.5 Å². The Kier molecular flexibility index (Phi) is 4.21. The van der Waals surface area contributed by atoms with Crippen LogP contribution in [0.4, 0.5) is 13.2 Å². The fourth-order valence-corrected chi connectivity index (χ4v) is 1.26. The fourth-order valence-electron chi connectivity index (χ4n) is 1.01. The molecule has 10 heteroatoms. The Morgan fingerprint density at radius 2 is 2.26 bits per heavy atom. The second-order valence-corrected chi connectivity index (χ2v) is 4.35. The van der Waals surface area contributed by atoms with Crippen molar-refractivity contribution >= 4 is 21.8 Å². The molecule has 0 saturated heterocycles. The monoisotopic (exact) mass is 340 g/mol. The van der Waals surface area contributed by atoms with E-state index in [2.05, 4.69) is 21.0 Å². The molecule has 1 unspecified atom stereocenters. The highest BCUT2D eigenvalue weighted by atomic mass is 79.9. The van der Waals surface area contributed by atoms with Crippen molar-refractivity contribution in [3.8, 4) is 6.07 Å². The molecule has 0 aromatic carbocycles. The lowest BCUT2D eigenvalue weighted by molar-refractivity contribution is -0.142. The van der Waals surface area contributed by atoms with Gasteiger partial charge in [-0.2, -0.15) is 23.2 Å². The molecule has 104 valence electrons. The van der Waals surface area contributed by atoms with Crippen molar-refractivity contribution < 1.29 is 23.1 Å². The molecule has 1 aromatic rings. The fraction of sp³-hybridized carbons (Fsp3) is 0.444. The van der Waals surface area contributed by atoms with Crippen LogP contribution < -0.4 is 5.43 Å². The first-order chi connectivity index (χ1) is 8.61. The highest BCUT2D eigenvalue weighted by Gasteiger charge is 2.38. The van der Waals surface area contributed by atoms with E-state index in [4.69, 9.17) is 5.26 Å². The van der Waals surface area contributed by atoms with E-state index in [-0.39, 0.29) is 5.33 Å². The van der Waals surface area contributed by atoms with Crippen LogP contribution in [-0.4, -0.2) is 31.8 Å². The van der Waals surface area contributed by atoms with Gasteiger partial charge in [-0.25, -0.2) is 5.43 Å². The van der Waals surface area contributed by atoms with E-state index in [1.54, 1.807) is 0 Å². The number of nitrogens with one attached hydrogen (secondary N) is 1. The predicted octanol–water partition coefficient (Wildman–Crippen LogP) is 0.990. The van der Waals surface area contributed by atoms with Crippen LogP contribution in [0.3, 0.4) is 0 Å². The number of aliphatic hydroxyl groups is 1. The molecule has 0 bridgehead atoms. The van der Waals surface area contributed by atoms with Gasteiger partial charge in [-0.15, -0.1) is 5.10 Å². The number of nitriles is 1. The molecule has 0 aliphatic heterocycles. The van der Waals surface area contributed by atoms with Gasteiger partial charge in [-0.05, 0) is 6.92 Å². The standard InChI is InChI=1S/C9H8BrF3N4O2/c1-8(19,4-10)7(18)16-17-3-5(2-14)6(15-17)9(11,12)13/h3,19H,4H2,1H3,(H,16,18). The molecule has 0 aliphatic rings. The predicted molar refractivity (Wildman–Crippen MR) is 60.7 cm³/mol. The lowest BCUT2D eigenvalue weighted by Gasteiger charge is -2.18. The van der Waals surface area contributed by atoms with Crippen molar-refractivity contribution in [3.63, 3.8) is 0 Å². The van der Waals surface area contributed by atoms with Gasteiger partial charge >= 0.3 is 6.18 Å². The van der Waals surface area contributed by atoms with Crippen molar-refractivity contribution in [1.29, 1.82) is 5.26 Å². The van der Waals surface area contributed by atoms with Crippen LogP contribution in [0, 0.1) is 11.3 Å². The second kappa shape index (κ2) is 5.18. The Bertz CT molecular complexity index is 533. The Morgan fingerprint density at radius 1 is 1.68 bits per heavy atom. The number of halogens is 4. The zero-order chi connectivity index (χ0) is 14.8. The smallest absolute Gasteiger partial charge is 0.379 e. The van der Waals surface area contributed by atoms with Gasteiger partial charge in [-0.1, -0.05) is 15.9 Å². The Labute approximate surface area is 113 Å². The average Bonchev–Trinajstić information content (AvgIpc) is 2.71. The largest absolute Gasteiger partial charge is 0.436 e. The molecule has 0 radical (unpaired) electrons. The molecule has 0 fully saturated rings. The molecule has 19 heavy (non-hydrogen) atoms. The summed E-state index contributed by atoms with van der Waals surface area (Å²) in [5.41, 5.74) is -2.03. The second-order valence-electron chi connectivity index (χ2n) is 3.79. The molecular weight excluding hydrogens is 333 g/mol. The number of carbonyl (C=O) groups excluding carboxylic acids is 1. The number of aromatic nitrogens is 2. The van der Waals surface area contributed by atoms with Crippen molar-refractivity contribution in [2.45, 2.75) is 18.7 Å². The molecular formula is C9H8BrF3N4O2. The quantitative estimate of drug-likeness (QED) is 0.803. The van der Waals surface area contributed by atoms with Gasteiger partial charge in [0.15, 0.2) is 11.3 Å².